The number of carboxylic acid groups (broad SMARTS) is 1. The average molecular weight is 277 g/mol. The average Bonchev–Trinajstić information content (AvgIpc) is 2.87. The highest BCUT2D eigenvalue weighted by atomic mass is 19.1. The van der Waals surface area contributed by atoms with Crippen molar-refractivity contribution in [3.63, 3.8) is 0 Å². The molecule has 0 aliphatic carbocycles. The maximum atomic E-state index is 12.9. The Morgan fingerprint density at radius 2 is 1.95 bits per heavy atom. The SMILES string of the molecule is CC(C(=O)O)N(C)Cc1ccc(-c2ccc(F)cc2)o1. The van der Waals surface area contributed by atoms with Gasteiger partial charge in [0.1, 0.15) is 23.4 Å². The van der Waals surface area contributed by atoms with Gasteiger partial charge in [0.25, 0.3) is 0 Å². The van der Waals surface area contributed by atoms with Crippen LogP contribution in [0.15, 0.2) is 40.8 Å². The Morgan fingerprint density at radius 1 is 1.30 bits per heavy atom. The van der Waals surface area contributed by atoms with Crippen LogP contribution in [0, 0.1) is 5.82 Å². The van der Waals surface area contributed by atoms with E-state index in [0.717, 1.165) is 5.56 Å². The summed E-state index contributed by atoms with van der Waals surface area (Å²) in [4.78, 5) is 12.6. The number of aliphatic carboxylic acids is 1. The summed E-state index contributed by atoms with van der Waals surface area (Å²) in [5.41, 5.74) is 0.784. The van der Waals surface area contributed by atoms with Gasteiger partial charge in [-0.15, -0.1) is 0 Å². The van der Waals surface area contributed by atoms with Crippen molar-refractivity contribution in [1.29, 1.82) is 0 Å². The molecular formula is C15H16FNO3. The van der Waals surface area contributed by atoms with Crippen molar-refractivity contribution in [2.45, 2.75) is 19.5 Å². The van der Waals surface area contributed by atoms with Crippen molar-refractivity contribution in [3.05, 3.63) is 48.0 Å². The summed E-state index contributed by atoms with van der Waals surface area (Å²) in [6, 6.07) is 9.02. The van der Waals surface area contributed by atoms with Crippen LogP contribution in [0.2, 0.25) is 0 Å². The molecule has 20 heavy (non-hydrogen) atoms. The zero-order valence-corrected chi connectivity index (χ0v) is 11.3. The van der Waals surface area contributed by atoms with Crippen molar-refractivity contribution in [1.82, 2.24) is 4.90 Å². The quantitative estimate of drug-likeness (QED) is 0.912. The molecule has 0 saturated heterocycles. The van der Waals surface area contributed by atoms with Gasteiger partial charge in [-0.25, -0.2) is 4.39 Å². The molecule has 4 nitrogen and oxygen atoms in total. The van der Waals surface area contributed by atoms with Gasteiger partial charge in [-0.1, -0.05) is 0 Å². The molecule has 0 aliphatic rings. The number of carbonyl (C=O) groups is 1. The predicted molar refractivity (Wildman–Crippen MR) is 72.7 cm³/mol. The van der Waals surface area contributed by atoms with Crippen molar-refractivity contribution < 1.29 is 18.7 Å². The number of hydrogen-bond acceptors (Lipinski definition) is 3. The summed E-state index contributed by atoms with van der Waals surface area (Å²) in [6.07, 6.45) is 0. The van der Waals surface area contributed by atoms with Crippen LogP contribution in [-0.4, -0.2) is 29.1 Å². The molecule has 0 amide bonds. The molecule has 0 radical (unpaired) electrons. The Morgan fingerprint density at radius 3 is 2.55 bits per heavy atom. The molecule has 0 fully saturated rings. The standard InChI is InChI=1S/C15H16FNO3/c1-10(15(18)19)17(2)9-13-7-8-14(20-13)11-3-5-12(16)6-4-11/h3-8,10H,9H2,1-2H3,(H,18,19). The highest BCUT2D eigenvalue weighted by molar-refractivity contribution is 5.72. The van der Waals surface area contributed by atoms with E-state index in [1.807, 2.05) is 0 Å². The Labute approximate surface area is 116 Å². The van der Waals surface area contributed by atoms with Crippen LogP contribution in [0.4, 0.5) is 4.39 Å². The van der Waals surface area contributed by atoms with Gasteiger partial charge in [0.2, 0.25) is 0 Å². The predicted octanol–water partition coefficient (Wildman–Crippen LogP) is 2.99. The molecule has 2 aromatic rings. The first kappa shape index (κ1) is 14.3. The monoisotopic (exact) mass is 277 g/mol. The number of halogens is 1. The zero-order valence-electron chi connectivity index (χ0n) is 11.3. The molecule has 0 aliphatic heterocycles. The number of furan rings is 1. The second-order valence-corrected chi connectivity index (χ2v) is 4.70. The molecule has 1 heterocycles. The van der Waals surface area contributed by atoms with Crippen molar-refractivity contribution in [2.24, 2.45) is 0 Å². The van der Waals surface area contributed by atoms with Crippen LogP contribution in [0.1, 0.15) is 12.7 Å². The lowest BCUT2D eigenvalue weighted by Crippen LogP contribution is -2.35. The van der Waals surface area contributed by atoms with E-state index in [4.69, 9.17) is 9.52 Å². The summed E-state index contributed by atoms with van der Waals surface area (Å²) < 4.78 is 18.5. The van der Waals surface area contributed by atoms with Crippen LogP contribution in [-0.2, 0) is 11.3 Å². The van der Waals surface area contributed by atoms with E-state index in [1.165, 1.54) is 12.1 Å². The third kappa shape index (κ3) is 3.24. The Hall–Kier alpha value is -2.14. The van der Waals surface area contributed by atoms with E-state index >= 15 is 0 Å². The Kier molecular flexibility index (Phi) is 4.20. The minimum atomic E-state index is -0.877. The normalized spacial score (nSPS) is 12.6. The van der Waals surface area contributed by atoms with Crippen LogP contribution >= 0.6 is 0 Å². The fourth-order valence-corrected chi connectivity index (χ4v) is 1.80. The third-order valence-electron chi connectivity index (χ3n) is 3.21. The van der Waals surface area contributed by atoms with Crippen LogP contribution in [0.25, 0.3) is 11.3 Å². The van der Waals surface area contributed by atoms with Gasteiger partial charge >= 0.3 is 5.97 Å². The molecule has 1 unspecified atom stereocenters. The van der Waals surface area contributed by atoms with E-state index < -0.39 is 12.0 Å². The molecule has 5 heteroatoms. The molecule has 1 N–H and O–H groups in total. The number of rotatable bonds is 5. The fourth-order valence-electron chi connectivity index (χ4n) is 1.80. The first-order valence-electron chi connectivity index (χ1n) is 6.25. The molecular weight excluding hydrogens is 261 g/mol. The molecule has 1 atom stereocenters. The summed E-state index contributed by atoms with van der Waals surface area (Å²) in [7, 11) is 1.72. The number of nitrogens with zero attached hydrogens (tertiary/aromatic N) is 1. The summed E-state index contributed by atoms with van der Waals surface area (Å²) in [5, 5.41) is 8.93. The smallest absolute Gasteiger partial charge is 0.320 e. The van der Waals surface area contributed by atoms with E-state index in [2.05, 4.69) is 0 Å². The van der Waals surface area contributed by atoms with E-state index in [1.54, 1.807) is 43.1 Å². The zero-order chi connectivity index (χ0) is 14.7. The summed E-state index contributed by atoms with van der Waals surface area (Å²) in [5.74, 6) is 0.129. The van der Waals surface area contributed by atoms with Gasteiger partial charge in [0, 0.05) is 5.56 Å². The maximum absolute atomic E-state index is 12.9. The lowest BCUT2D eigenvalue weighted by Gasteiger charge is -2.19. The number of likely N-dealkylation sites (N-methyl/N-ethyl adjacent to an activating group) is 1. The lowest BCUT2D eigenvalue weighted by molar-refractivity contribution is -0.142. The highest BCUT2D eigenvalue weighted by Crippen LogP contribution is 2.23. The largest absolute Gasteiger partial charge is 0.480 e. The molecule has 1 aromatic heterocycles. The molecule has 0 saturated carbocycles. The van der Waals surface area contributed by atoms with E-state index in [-0.39, 0.29) is 5.82 Å². The molecule has 0 spiro atoms. The third-order valence-corrected chi connectivity index (χ3v) is 3.21. The van der Waals surface area contributed by atoms with Crippen LogP contribution in [0.5, 0.6) is 0 Å². The second kappa shape index (κ2) is 5.88. The minimum absolute atomic E-state index is 0.296. The van der Waals surface area contributed by atoms with Crippen LogP contribution in [0.3, 0.4) is 0 Å². The van der Waals surface area contributed by atoms with Gasteiger partial charge in [-0.05, 0) is 50.4 Å². The van der Waals surface area contributed by atoms with Gasteiger partial charge < -0.3 is 9.52 Å². The van der Waals surface area contributed by atoms with E-state index in [9.17, 15) is 9.18 Å². The van der Waals surface area contributed by atoms with Crippen molar-refractivity contribution in [3.8, 4) is 11.3 Å². The highest BCUT2D eigenvalue weighted by Gasteiger charge is 2.18. The molecule has 0 bridgehead atoms. The first-order valence-corrected chi connectivity index (χ1v) is 6.25. The Bertz CT molecular complexity index is 591. The molecule has 106 valence electrons. The van der Waals surface area contributed by atoms with Gasteiger partial charge in [0.05, 0.1) is 6.54 Å². The maximum Gasteiger partial charge on any atom is 0.320 e. The van der Waals surface area contributed by atoms with Gasteiger partial charge in [-0.3, -0.25) is 9.69 Å². The summed E-state index contributed by atoms with van der Waals surface area (Å²) in [6.45, 7) is 2.01. The van der Waals surface area contributed by atoms with E-state index in [0.29, 0.717) is 18.1 Å². The van der Waals surface area contributed by atoms with Gasteiger partial charge in [-0.2, -0.15) is 0 Å². The van der Waals surface area contributed by atoms with Gasteiger partial charge in [0.15, 0.2) is 0 Å². The first-order chi connectivity index (χ1) is 9.47. The summed E-state index contributed by atoms with van der Waals surface area (Å²) >= 11 is 0. The topological polar surface area (TPSA) is 53.7 Å². The lowest BCUT2D eigenvalue weighted by atomic mass is 10.2. The number of hydrogen-bond donors (Lipinski definition) is 1. The number of benzene rings is 1. The Balaban J connectivity index is 2.09. The van der Waals surface area contributed by atoms with Crippen LogP contribution < -0.4 is 0 Å². The second-order valence-electron chi connectivity index (χ2n) is 4.70. The molecule has 2 rings (SSSR count). The van der Waals surface area contributed by atoms with Crippen molar-refractivity contribution in [2.75, 3.05) is 7.05 Å². The fraction of sp³-hybridized carbons (Fsp3) is 0.267. The minimum Gasteiger partial charge on any atom is -0.480 e. The van der Waals surface area contributed by atoms with Crippen molar-refractivity contribution >= 4 is 5.97 Å². The molecule has 1 aromatic carbocycles. The number of carboxylic acids is 1.